The van der Waals surface area contributed by atoms with Crippen molar-refractivity contribution in [3.63, 3.8) is 0 Å². The predicted octanol–water partition coefficient (Wildman–Crippen LogP) is 2.90. The summed E-state index contributed by atoms with van der Waals surface area (Å²) in [5.74, 6) is 1.86. The van der Waals surface area contributed by atoms with Crippen LogP contribution in [0.2, 0.25) is 0 Å². The van der Waals surface area contributed by atoms with E-state index in [0.717, 1.165) is 31.2 Å². The van der Waals surface area contributed by atoms with Crippen molar-refractivity contribution >= 4 is 35.4 Å². The van der Waals surface area contributed by atoms with E-state index >= 15 is 0 Å². The Bertz CT molecular complexity index is 1270. The zero-order valence-electron chi connectivity index (χ0n) is 21.0. The molecule has 2 N–H and O–H groups in total. The SMILES string of the molecule is O=C(NC1CC1)c1ccc(Oc2cc(C(=O)NC3CC(=O)N(C4CC4)C3)ccc2CN2CSCC2=O)cc1. The third-order valence-electron chi connectivity index (χ3n) is 7.25. The molecule has 2 aliphatic heterocycles. The van der Waals surface area contributed by atoms with Crippen molar-refractivity contribution in [3.8, 4) is 11.5 Å². The lowest BCUT2D eigenvalue weighted by Crippen LogP contribution is -2.37. The first-order valence-corrected chi connectivity index (χ1v) is 14.3. The Labute approximate surface area is 225 Å². The van der Waals surface area contributed by atoms with Crippen molar-refractivity contribution in [2.24, 2.45) is 0 Å². The highest BCUT2D eigenvalue weighted by Gasteiger charge is 2.39. The Morgan fingerprint density at radius 1 is 0.895 bits per heavy atom. The summed E-state index contributed by atoms with van der Waals surface area (Å²) in [5.41, 5.74) is 1.76. The van der Waals surface area contributed by atoms with Gasteiger partial charge in [0.1, 0.15) is 11.5 Å². The number of nitrogens with zero attached hydrogens (tertiary/aromatic N) is 2. The quantitative estimate of drug-likeness (QED) is 0.512. The minimum absolute atomic E-state index is 0.0694. The van der Waals surface area contributed by atoms with Gasteiger partial charge in [-0.2, -0.15) is 0 Å². The van der Waals surface area contributed by atoms with E-state index in [1.807, 2.05) is 11.0 Å². The van der Waals surface area contributed by atoms with Crippen LogP contribution in [0.1, 0.15) is 58.4 Å². The van der Waals surface area contributed by atoms with Gasteiger partial charge in [-0.1, -0.05) is 6.07 Å². The van der Waals surface area contributed by atoms with Crippen LogP contribution in [0.15, 0.2) is 42.5 Å². The van der Waals surface area contributed by atoms with Gasteiger partial charge < -0.3 is 25.2 Å². The molecule has 2 heterocycles. The van der Waals surface area contributed by atoms with E-state index in [1.54, 1.807) is 53.1 Å². The van der Waals surface area contributed by atoms with Gasteiger partial charge in [-0.15, -0.1) is 11.8 Å². The van der Waals surface area contributed by atoms with Crippen molar-refractivity contribution in [2.45, 2.75) is 56.8 Å². The van der Waals surface area contributed by atoms with E-state index in [1.165, 1.54) is 0 Å². The molecule has 2 saturated carbocycles. The Morgan fingerprint density at radius 2 is 1.61 bits per heavy atom. The molecular formula is C28H30N4O5S. The van der Waals surface area contributed by atoms with Crippen molar-refractivity contribution in [1.82, 2.24) is 20.4 Å². The van der Waals surface area contributed by atoms with Crippen molar-refractivity contribution < 1.29 is 23.9 Å². The average molecular weight is 535 g/mol. The summed E-state index contributed by atoms with van der Waals surface area (Å²) in [5, 5.41) is 5.97. The lowest BCUT2D eigenvalue weighted by atomic mass is 10.1. The fraction of sp³-hybridized carbons (Fsp3) is 0.429. The molecule has 38 heavy (non-hydrogen) atoms. The molecule has 4 aliphatic rings. The normalized spacial score (nSPS) is 21.1. The summed E-state index contributed by atoms with van der Waals surface area (Å²) >= 11 is 1.57. The van der Waals surface area contributed by atoms with E-state index in [2.05, 4.69) is 10.6 Å². The molecule has 0 spiro atoms. The van der Waals surface area contributed by atoms with Crippen LogP contribution < -0.4 is 15.4 Å². The molecule has 0 radical (unpaired) electrons. The molecule has 4 amide bonds. The third-order valence-corrected chi connectivity index (χ3v) is 8.20. The first-order chi connectivity index (χ1) is 18.4. The van der Waals surface area contributed by atoms with Gasteiger partial charge in [0, 0.05) is 41.7 Å². The summed E-state index contributed by atoms with van der Waals surface area (Å²) in [6, 6.07) is 12.5. The molecule has 10 heteroatoms. The number of benzene rings is 2. The van der Waals surface area contributed by atoms with Crippen LogP contribution in [0.4, 0.5) is 0 Å². The molecule has 9 nitrogen and oxygen atoms in total. The number of hydrogen-bond acceptors (Lipinski definition) is 6. The van der Waals surface area contributed by atoms with Crippen LogP contribution >= 0.6 is 11.8 Å². The van der Waals surface area contributed by atoms with Gasteiger partial charge in [-0.25, -0.2) is 0 Å². The Hall–Kier alpha value is -3.53. The van der Waals surface area contributed by atoms with Crippen LogP contribution in [0.5, 0.6) is 11.5 Å². The minimum Gasteiger partial charge on any atom is -0.457 e. The highest BCUT2D eigenvalue weighted by molar-refractivity contribution is 8.00. The number of rotatable bonds is 9. The molecule has 198 valence electrons. The number of amides is 4. The zero-order valence-corrected chi connectivity index (χ0v) is 21.8. The van der Waals surface area contributed by atoms with Crippen LogP contribution in [0.3, 0.4) is 0 Å². The van der Waals surface area contributed by atoms with Crippen LogP contribution in [0.25, 0.3) is 0 Å². The monoisotopic (exact) mass is 534 g/mol. The molecule has 1 atom stereocenters. The summed E-state index contributed by atoms with van der Waals surface area (Å²) in [6.07, 6.45) is 4.44. The van der Waals surface area contributed by atoms with Gasteiger partial charge in [0.15, 0.2) is 0 Å². The highest BCUT2D eigenvalue weighted by Crippen LogP contribution is 2.32. The van der Waals surface area contributed by atoms with Gasteiger partial charge in [0.2, 0.25) is 11.8 Å². The van der Waals surface area contributed by atoms with Crippen molar-refractivity contribution in [1.29, 1.82) is 0 Å². The molecule has 2 aromatic carbocycles. The van der Waals surface area contributed by atoms with Crippen LogP contribution in [0, 0.1) is 0 Å². The summed E-state index contributed by atoms with van der Waals surface area (Å²) < 4.78 is 6.20. The molecule has 2 aliphatic carbocycles. The number of thioether (sulfide) groups is 1. The van der Waals surface area contributed by atoms with Gasteiger partial charge in [0.25, 0.3) is 11.8 Å². The van der Waals surface area contributed by atoms with Gasteiger partial charge in [-0.3, -0.25) is 19.2 Å². The molecule has 0 aromatic heterocycles. The molecule has 2 saturated heterocycles. The number of carbonyl (C=O) groups is 4. The van der Waals surface area contributed by atoms with E-state index in [0.29, 0.717) is 59.8 Å². The van der Waals surface area contributed by atoms with E-state index in [-0.39, 0.29) is 35.7 Å². The standard InChI is InChI=1S/C28H30N4O5S/c33-25-12-21(14-32(25)22-7-8-22)30-28(36)18-1-2-19(13-31-16-38-15-26(31)34)24(11-18)37-23-9-3-17(4-10-23)27(35)29-20-5-6-20/h1-4,9-11,20-22H,5-8,12-16H2,(H,29,35)(H,30,36). The zero-order chi connectivity index (χ0) is 26.2. The maximum atomic E-state index is 13.1. The van der Waals surface area contributed by atoms with Crippen molar-refractivity contribution in [2.75, 3.05) is 18.2 Å². The largest absolute Gasteiger partial charge is 0.457 e. The van der Waals surface area contributed by atoms with E-state index in [4.69, 9.17) is 4.74 Å². The van der Waals surface area contributed by atoms with Crippen molar-refractivity contribution in [3.05, 3.63) is 59.2 Å². The number of carbonyl (C=O) groups excluding carboxylic acids is 4. The second kappa shape index (κ2) is 10.3. The molecule has 0 bridgehead atoms. The Kier molecular flexibility index (Phi) is 6.73. The topological polar surface area (TPSA) is 108 Å². The van der Waals surface area contributed by atoms with Crippen LogP contribution in [-0.4, -0.2) is 69.7 Å². The van der Waals surface area contributed by atoms with Gasteiger partial charge in [-0.05, 0) is 62.1 Å². The molecule has 4 fully saturated rings. The average Bonchev–Trinajstić information content (AvgIpc) is 3.83. The summed E-state index contributed by atoms with van der Waals surface area (Å²) in [4.78, 5) is 53.6. The van der Waals surface area contributed by atoms with E-state index in [9.17, 15) is 19.2 Å². The highest BCUT2D eigenvalue weighted by atomic mass is 32.2. The fourth-order valence-corrected chi connectivity index (χ4v) is 5.71. The molecule has 2 aromatic rings. The molecular weight excluding hydrogens is 504 g/mol. The Balaban J connectivity index is 1.18. The number of ether oxygens (including phenoxy) is 1. The Morgan fingerprint density at radius 3 is 2.29 bits per heavy atom. The third kappa shape index (κ3) is 5.65. The second-order valence-corrected chi connectivity index (χ2v) is 11.4. The maximum Gasteiger partial charge on any atom is 0.251 e. The predicted molar refractivity (Wildman–Crippen MR) is 142 cm³/mol. The lowest BCUT2D eigenvalue weighted by molar-refractivity contribution is -0.128. The summed E-state index contributed by atoms with van der Waals surface area (Å²) in [7, 11) is 0. The smallest absolute Gasteiger partial charge is 0.251 e. The molecule has 1 unspecified atom stereocenters. The first-order valence-electron chi connectivity index (χ1n) is 13.1. The number of nitrogens with one attached hydrogen (secondary N) is 2. The maximum absolute atomic E-state index is 13.1. The number of likely N-dealkylation sites (tertiary alicyclic amines) is 1. The van der Waals surface area contributed by atoms with Gasteiger partial charge >= 0.3 is 0 Å². The fourth-order valence-electron chi connectivity index (χ4n) is 4.80. The van der Waals surface area contributed by atoms with Crippen LogP contribution in [-0.2, 0) is 16.1 Å². The minimum atomic E-state index is -0.267. The van der Waals surface area contributed by atoms with Gasteiger partial charge in [0.05, 0.1) is 24.2 Å². The lowest BCUT2D eigenvalue weighted by Gasteiger charge is -2.19. The summed E-state index contributed by atoms with van der Waals surface area (Å²) in [6.45, 7) is 0.921. The molecule has 6 rings (SSSR count). The number of hydrogen-bond donors (Lipinski definition) is 2. The van der Waals surface area contributed by atoms with E-state index < -0.39 is 0 Å². The second-order valence-electron chi connectivity index (χ2n) is 10.4. The first kappa shape index (κ1) is 24.8.